The molecule has 0 aliphatic carbocycles. The number of aryl methyl sites for hydroxylation is 2. The van der Waals surface area contributed by atoms with E-state index in [-0.39, 0.29) is 4.90 Å². The van der Waals surface area contributed by atoms with Crippen molar-refractivity contribution in [3.63, 3.8) is 0 Å². The zero-order chi connectivity index (χ0) is 15.6. The van der Waals surface area contributed by atoms with Crippen molar-refractivity contribution in [2.24, 2.45) is 0 Å². The molecule has 1 N–H and O–H groups in total. The molecule has 0 spiro atoms. The van der Waals surface area contributed by atoms with Gasteiger partial charge >= 0.3 is 0 Å². The quantitative estimate of drug-likeness (QED) is 0.926. The van der Waals surface area contributed by atoms with Gasteiger partial charge in [-0.2, -0.15) is 0 Å². The third-order valence-corrected chi connectivity index (χ3v) is 4.57. The van der Waals surface area contributed by atoms with Gasteiger partial charge in [0.1, 0.15) is 0 Å². The lowest BCUT2D eigenvalue weighted by Crippen LogP contribution is -2.03. The number of hydrogen-bond donors (Lipinski definition) is 1. The summed E-state index contributed by atoms with van der Waals surface area (Å²) >= 11 is 6.12. The molecule has 2 rings (SSSR count). The summed E-state index contributed by atoms with van der Waals surface area (Å²) in [6.07, 6.45) is 1.18. The minimum absolute atomic E-state index is 0.259. The fraction of sp³-hybridized carbons (Fsp3) is 0.250. The van der Waals surface area contributed by atoms with Crippen molar-refractivity contribution >= 4 is 27.1 Å². The predicted octanol–water partition coefficient (Wildman–Crippen LogP) is 3.97. The van der Waals surface area contributed by atoms with Crippen LogP contribution >= 0.6 is 11.6 Å². The van der Waals surface area contributed by atoms with E-state index in [9.17, 15) is 8.42 Å². The number of anilines is 1. The fourth-order valence-corrected chi connectivity index (χ4v) is 3.07. The lowest BCUT2D eigenvalue weighted by atomic mass is 10.1. The average molecular weight is 324 g/mol. The first-order valence-corrected chi connectivity index (χ1v) is 8.83. The van der Waals surface area contributed by atoms with E-state index < -0.39 is 9.84 Å². The summed E-state index contributed by atoms with van der Waals surface area (Å²) in [4.78, 5) is 0.259. The molecule has 0 bridgehead atoms. The molecule has 2 aromatic rings. The number of hydrogen-bond acceptors (Lipinski definition) is 3. The molecule has 0 aliphatic rings. The molecule has 3 nitrogen and oxygen atoms in total. The Morgan fingerprint density at radius 3 is 2.24 bits per heavy atom. The highest BCUT2D eigenvalue weighted by atomic mass is 35.5. The van der Waals surface area contributed by atoms with Crippen LogP contribution in [-0.2, 0) is 16.4 Å². The molecule has 0 heterocycles. The highest BCUT2D eigenvalue weighted by Crippen LogP contribution is 2.26. The van der Waals surface area contributed by atoms with Crippen LogP contribution in [0.3, 0.4) is 0 Å². The number of rotatable bonds is 4. The van der Waals surface area contributed by atoms with Gasteiger partial charge in [-0.25, -0.2) is 8.42 Å². The van der Waals surface area contributed by atoms with Gasteiger partial charge in [-0.05, 0) is 37.6 Å². The van der Waals surface area contributed by atoms with E-state index in [2.05, 4.69) is 23.5 Å². The van der Waals surface area contributed by atoms with Crippen LogP contribution in [0.2, 0.25) is 5.02 Å². The Hall–Kier alpha value is -1.52. The van der Waals surface area contributed by atoms with Gasteiger partial charge in [0.25, 0.3) is 0 Å². The Bertz CT molecular complexity index is 750. The number of benzene rings is 2. The first kappa shape index (κ1) is 15.9. The van der Waals surface area contributed by atoms with Crippen LogP contribution in [0.1, 0.15) is 16.7 Å². The monoisotopic (exact) mass is 323 g/mol. The van der Waals surface area contributed by atoms with Crippen molar-refractivity contribution in [3.05, 3.63) is 58.1 Å². The van der Waals surface area contributed by atoms with E-state index in [0.717, 1.165) is 5.56 Å². The molecule has 0 fully saturated rings. The summed E-state index contributed by atoms with van der Waals surface area (Å²) in [6, 6.07) is 11.0. The fourth-order valence-electron chi connectivity index (χ4n) is 2.24. The maximum absolute atomic E-state index is 11.6. The van der Waals surface area contributed by atoms with Crippen LogP contribution in [0.25, 0.3) is 0 Å². The summed E-state index contributed by atoms with van der Waals surface area (Å²) in [7, 11) is -3.24. The van der Waals surface area contributed by atoms with Crippen LogP contribution < -0.4 is 5.32 Å². The highest BCUT2D eigenvalue weighted by molar-refractivity contribution is 7.90. The van der Waals surface area contributed by atoms with Crippen LogP contribution in [0.5, 0.6) is 0 Å². The summed E-state index contributed by atoms with van der Waals surface area (Å²) < 4.78 is 23.2. The first-order chi connectivity index (χ1) is 9.75. The normalized spacial score (nSPS) is 11.4. The van der Waals surface area contributed by atoms with E-state index >= 15 is 0 Å². The third-order valence-electron chi connectivity index (χ3n) is 3.13. The Balaban J connectivity index is 2.23. The Morgan fingerprint density at radius 1 is 1.05 bits per heavy atom. The van der Waals surface area contributed by atoms with Gasteiger partial charge in [0.15, 0.2) is 9.84 Å². The van der Waals surface area contributed by atoms with Gasteiger partial charge in [-0.1, -0.05) is 40.9 Å². The summed E-state index contributed by atoms with van der Waals surface area (Å²) in [5.41, 5.74) is 4.15. The van der Waals surface area contributed by atoms with Crippen molar-refractivity contribution in [3.8, 4) is 0 Å². The van der Waals surface area contributed by atoms with Crippen LogP contribution in [0.15, 0.2) is 41.3 Å². The molecule has 0 saturated heterocycles. The highest BCUT2D eigenvalue weighted by Gasteiger charge is 2.10. The van der Waals surface area contributed by atoms with E-state index in [0.29, 0.717) is 17.3 Å². The SMILES string of the molecule is Cc1cc(C)cc(CNc2cc(S(C)(=O)=O)ccc2Cl)c1. The number of halogens is 1. The topological polar surface area (TPSA) is 46.2 Å². The lowest BCUT2D eigenvalue weighted by Gasteiger charge is -2.11. The van der Waals surface area contributed by atoms with Gasteiger partial charge in [0, 0.05) is 12.8 Å². The van der Waals surface area contributed by atoms with Crippen molar-refractivity contribution in [2.75, 3.05) is 11.6 Å². The van der Waals surface area contributed by atoms with Crippen molar-refractivity contribution in [2.45, 2.75) is 25.3 Å². The Morgan fingerprint density at radius 2 is 1.67 bits per heavy atom. The molecule has 0 saturated carbocycles. The third kappa shape index (κ3) is 4.22. The Kier molecular flexibility index (Phi) is 4.59. The zero-order valence-corrected chi connectivity index (χ0v) is 13.8. The Labute approximate surface area is 130 Å². The zero-order valence-electron chi connectivity index (χ0n) is 12.3. The maximum atomic E-state index is 11.6. The minimum Gasteiger partial charge on any atom is -0.380 e. The number of nitrogens with one attached hydrogen (secondary N) is 1. The van der Waals surface area contributed by atoms with Crippen molar-refractivity contribution in [1.29, 1.82) is 0 Å². The van der Waals surface area contributed by atoms with Gasteiger partial charge in [0.05, 0.1) is 15.6 Å². The molecule has 0 aliphatic heterocycles. The molecule has 5 heteroatoms. The van der Waals surface area contributed by atoms with Crippen molar-refractivity contribution < 1.29 is 8.42 Å². The predicted molar refractivity (Wildman–Crippen MR) is 87.8 cm³/mol. The molecule has 0 amide bonds. The van der Waals surface area contributed by atoms with Gasteiger partial charge in [0.2, 0.25) is 0 Å². The summed E-state index contributed by atoms with van der Waals surface area (Å²) in [5.74, 6) is 0. The van der Waals surface area contributed by atoms with Gasteiger partial charge in [-0.3, -0.25) is 0 Å². The van der Waals surface area contributed by atoms with Gasteiger partial charge in [-0.15, -0.1) is 0 Å². The minimum atomic E-state index is -3.24. The summed E-state index contributed by atoms with van der Waals surface area (Å²) in [6.45, 7) is 4.69. The standard InChI is InChI=1S/C16H18ClNO2S/c1-11-6-12(2)8-13(7-11)10-18-16-9-14(21(3,19)20)4-5-15(16)17/h4-9,18H,10H2,1-3H3. The molecular formula is C16H18ClNO2S. The van der Waals surface area contributed by atoms with E-state index in [4.69, 9.17) is 11.6 Å². The smallest absolute Gasteiger partial charge is 0.175 e. The second-order valence-corrected chi connectivity index (χ2v) is 7.69. The molecule has 0 radical (unpaired) electrons. The maximum Gasteiger partial charge on any atom is 0.175 e. The second-order valence-electron chi connectivity index (χ2n) is 5.26. The second kappa shape index (κ2) is 6.08. The van der Waals surface area contributed by atoms with Crippen LogP contribution in [-0.4, -0.2) is 14.7 Å². The summed E-state index contributed by atoms with van der Waals surface area (Å²) in [5, 5.41) is 3.71. The largest absolute Gasteiger partial charge is 0.380 e. The van der Waals surface area contributed by atoms with Crippen LogP contribution in [0, 0.1) is 13.8 Å². The molecule has 0 unspecified atom stereocenters. The first-order valence-electron chi connectivity index (χ1n) is 6.56. The van der Waals surface area contributed by atoms with E-state index in [1.54, 1.807) is 12.1 Å². The molecule has 2 aromatic carbocycles. The molecular weight excluding hydrogens is 306 g/mol. The lowest BCUT2D eigenvalue weighted by molar-refractivity contribution is 0.602. The molecule has 0 atom stereocenters. The molecule has 0 aromatic heterocycles. The molecule has 21 heavy (non-hydrogen) atoms. The van der Waals surface area contributed by atoms with E-state index in [1.807, 2.05) is 13.8 Å². The number of sulfone groups is 1. The van der Waals surface area contributed by atoms with Gasteiger partial charge < -0.3 is 5.32 Å². The van der Waals surface area contributed by atoms with Crippen LogP contribution in [0.4, 0.5) is 5.69 Å². The van der Waals surface area contributed by atoms with E-state index in [1.165, 1.54) is 23.4 Å². The van der Waals surface area contributed by atoms with Crippen molar-refractivity contribution in [1.82, 2.24) is 0 Å². The average Bonchev–Trinajstić information content (AvgIpc) is 2.35. The molecule has 112 valence electrons.